The van der Waals surface area contributed by atoms with Crippen LogP contribution in [0.3, 0.4) is 0 Å². The minimum atomic E-state index is -0.124. The first-order chi connectivity index (χ1) is 11.2. The molecule has 3 nitrogen and oxygen atoms in total. The van der Waals surface area contributed by atoms with Gasteiger partial charge in [0.05, 0.1) is 4.88 Å². The molecule has 3 rings (SSSR count). The molecule has 0 spiro atoms. The van der Waals surface area contributed by atoms with Crippen LogP contribution >= 0.6 is 11.3 Å². The zero-order valence-electron chi connectivity index (χ0n) is 13.2. The summed E-state index contributed by atoms with van der Waals surface area (Å²) >= 11 is 1.60. The number of fused-ring (bicyclic) bond motifs is 1. The van der Waals surface area contributed by atoms with Crippen LogP contribution in [0, 0.1) is 5.92 Å². The van der Waals surface area contributed by atoms with Crippen molar-refractivity contribution in [2.75, 3.05) is 0 Å². The van der Waals surface area contributed by atoms with Gasteiger partial charge in [0.2, 0.25) is 0 Å². The first kappa shape index (κ1) is 15.7. The number of carbonyl (C=O) groups excluding carboxylic acids is 1. The van der Waals surface area contributed by atoms with Crippen LogP contribution in [0.25, 0.3) is 6.08 Å². The molecule has 0 saturated carbocycles. The fourth-order valence-corrected chi connectivity index (χ4v) is 3.83. The summed E-state index contributed by atoms with van der Waals surface area (Å²) in [5, 5.41) is 3.98. The number of thiophene rings is 1. The minimum absolute atomic E-state index is 0.124. The Kier molecular flexibility index (Phi) is 5.03. The number of allylic oxidation sites excluding steroid dienone is 1. The summed E-state index contributed by atoms with van der Waals surface area (Å²) in [6, 6.07) is 12.0. The number of amides is 1. The molecule has 0 aliphatic heterocycles. The highest BCUT2D eigenvalue weighted by Gasteiger charge is 2.20. The second-order valence-electron chi connectivity index (χ2n) is 5.90. The van der Waals surface area contributed by atoms with E-state index in [1.807, 2.05) is 48.6 Å². The number of rotatable bonds is 4. The Morgan fingerprint density at radius 3 is 3.00 bits per heavy atom. The Morgan fingerprint density at radius 2 is 2.17 bits per heavy atom. The van der Waals surface area contributed by atoms with Gasteiger partial charge in [0, 0.05) is 11.1 Å². The zero-order valence-corrected chi connectivity index (χ0v) is 14.0. The Bertz CT molecular complexity index is 731. The van der Waals surface area contributed by atoms with E-state index in [1.54, 1.807) is 17.6 Å². The molecule has 23 heavy (non-hydrogen) atoms. The van der Waals surface area contributed by atoms with Crippen LogP contribution in [-0.4, -0.2) is 12.1 Å². The van der Waals surface area contributed by atoms with Gasteiger partial charge in [-0.1, -0.05) is 43.3 Å². The molecule has 1 aromatic heterocycles. The topological polar surface area (TPSA) is 41.5 Å². The molecule has 1 aromatic carbocycles. The summed E-state index contributed by atoms with van der Waals surface area (Å²) in [6.07, 6.45) is 8.76. The first-order valence-corrected chi connectivity index (χ1v) is 8.71. The lowest BCUT2D eigenvalue weighted by molar-refractivity contribution is 0.0959. The van der Waals surface area contributed by atoms with Crippen molar-refractivity contribution in [3.8, 4) is 0 Å². The lowest BCUT2D eigenvalue weighted by Crippen LogP contribution is -2.15. The number of nitrogens with one attached hydrogen (secondary N) is 1. The van der Waals surface area contributed by atoms with Gasteiger partial charge in [-0.15, -0.1) is 11.3 Å². The second kappa shape index (κ2) is 7.38. The summed E-state index contributed by atoms with van der Waals surface area (Å²) in [6.45, 7) is 2.27. The van der Waals surface area contributed by atoms with Crippen LogP contribution in [0.1, 0.15) is 39.0 Å². The summed E-state index contributed by atoms with van der Waals surface area (Å²) in [5.74, 6) is 0.593. The third-order valence-corrected chi connectivity index (χ3v) is 5.20. The van der Waals surface area contributed by atoms with Crippen molar-refractivity contribution in [2.24, 2.45) is 11.0 Å². The van der Waals surface area contributed by atoms with Crippen LogP contribution in [0.4, 0.5) is 0 Å². The summed E-state index contributed by atoms with van der Waals surface area (Å²) < 4.78 is 0. The van der Waals surface area contributed by atoms with Gasteiger partial charge in [0.25, 0.3) is 5.91 Å². The van der Waals surface area contributed by atoms with Crippen molar-refractivity contribution in [3.63, 3.8) is 0 Å². The molecule has 0 unspecified atom stereocenters. The van der Waals surface area contributed by atoms with Gasteiger partial charge in [-0.3, -0.25) is 4.79 Å². The van der Waals surface area contributed by atoms with Gasteiger partial charge in [-0.2, -0.15) is 5.10 Å². The molecular weight excluding hydrogens is 304 g/mol. The number of hydrogen-bond donors (Lipinski definition) is 1. The number of nitrogens with zero attached hydrogens (tertiary/aromatic N) is 1. The van der Waals surface area contributed by atoms with Crippen molar-refractivity contribution in [3.05, 3.63) is 63.4 Å². The predicted octanol–water partition coefficient (Wildman–Crippen LogP) is 4.30. The number of aryl methyl sites for hydroxylation is 1. The highest BCUT2D eigenvalue weighted by Crippen LogP contribution is 2.32. The molecule has 0 saturated heterocycles. The lowest BCUT2D eigenvalue weighted by atomic mass is 9.90. The minimum Gasteiger partial charge on any atom is -0.266 e. The van der Waals surface area contributed by atoms with E-state index in [2.05, 4.69) is 17.5 Å². The standard InChI is InChI=1S/C19H20N2OS/c1-14-9-10-17-16(12-14)13-18(23-17)19(22)21-20-11-5-8-15-6-3-2-4-7-15/h2-8,11,13-14H,9-10,12H2,1H3,(H,21,22)/b8-5+,20-11-/t14-/m1/s1. The number of hydrazone groups is 1. The summed E-state index contributed by atoms with van der Waals surface area (Å²) in [4.78, 5) is 14.3. The van der Waals surface area contributed by atoms with E-state index in [0.29, 0.717) is 5.92 Å². The maximum absolute atomic E-state index is 12.1. The monoisotopic (exact) mass is 324 g/mol. The fourth-order valence-electron chi connectivity index (χ4n) is 2.73. The molecule has 1 aliphatic rings. The fraction of sp³-hybridized carbons (Fsp3) is 0.263. The summed E-state index contributed by atoms with van der Waals surface area (Å²) in [5.41, 5.74) is 5.04. The van der Waals surface area contributed by atoms with Gasteiger partial charge in [-0.05, 0) is 48.4 Å². The van der Waals surface area contributed by atoms with E-state index in [1.165, 1.54) is 16.9 Å². The van der Waals surface area contributed by atoms with E-state index in [4.69, 9.17) is 0 Å². The molecule has 1 N–H and O–H groups in total. The van der Waals surface area contributed by atoms with Crippen molar-refractivity contribution in [1.29, 1.82) is 0 Å². The van der Waals surface area contributed by atoms with E-state index in [0.717, 1.165) is 23.3 Å². The third-order valence-electron chi connectivity index (χ3n) is 3.97. The zero-order chi connectivity index (χ0) is 16.1. The van der Waals surface area contributed by atoms with Crippen LogP contribution in [0.2, 0.25) is 0 Å². The first-order valence-electron chi connectivity index (χ1n) is 7.89. The molecule has 0 bridgehead atoms. The van der Waals surface area contributed by atoms with Crippen molar-refractivity contribution in [2.45, 2.75) is 26.2 Å². The van der Waals surface area contributed by atoms with E-state index in [-0.39, 0.29) is 5.91 Å². The SMILES string of the molecule is C[C@@H]1CCc2sc(C(=O)N/N=C\C=C\c3ccccc3)cc2C1. The number of carbonyl (C=O) groups is 1. The molecule has 1 amide bonds. The van der Waals surface area contributed by atoms with Crippen LogP contribution in [0.5, 0.6) is 0 Å². The largest absolute Gasteiger partial charge is 0.281 e. The second-order valence-corrected chi connectivity index (χ2v) is 7.03. The number of benzene rings is 1. The van der Waals surface area contributed by atoms with Gasteiger partial charge < -0.3 is 0 Å². The molecule has 0 radical (unpaired) electrons. The Labute approximate surface area is 140 Å². The van der Waals surface area contributed by atoms with Gasteiger partial charge >= 0.3 is 0 Å². The van der Waals surface area contributed by atoms with Crippen molar-refractivity contribution >= 4 is 29.5 Å². The normalized spacial score (nSPS) is 17.5. The third kappa shape index (κ3) is 4.17. The van der Waals surface area contributed by atoms with E-state index >= 15 is 0 Å². The Balaban J connectivity index is 1.55. The van der Waals surface area contributed by atoms with Crippen LogP contribution < -0.4 is 5.43 Å². The maximum atomic E-state index is 12.1. The van der Waals surface area contributed by atoms with Gasteiger partial charge in [0.1, 0.15) is 0 Å². The van der Waals surface area contributed by atoms with Crippen molar-refractivity contribution in [1.82, 2.24) is 5.43 Å². The van der Waals surface area contributed by atoms with Gasteiger partial charge in [-0.25, -0.2) is 5.43 Å². The number of hydrogen-bond acceptors (Lipinski definition) is 3. The average Bonchev–Trinajstić information content (AvgIpc) is 2.98. The highest BCUT2D eigenvalue weighted by molar-refractivity contribution is 7.14. The highest BCUT2D eigenvalue weighted by atomic mass is 32.1. The molecule has 0 fully saturated rings. The van der Waals surface area contributed by atoms with Gasteiger partial charge in [0.15, 0.2) is 0 Å². The molecule has 1 aliphatic carbocycles. The average molecular weight is 324 g/mol. The maximum Gasteiger partial charge on any atom is 0.281 e. The smallest absolute Gasteiger partial charge is 0.266 e. The van der Waals surface area contributed by atoms with E-state index in [9.17, 15) is 4.79 Å². The molecule has 1 atom stereocenters. The quantitative estimate of drug-likeness (QED) is 0.661. The Hall–Kier alpha value is -2.20. The molecule has 118 valence electrons. The molecule has 1 heterocycles. The molecule has 2 aromatic rings. The van der Waals surface area contributed by atoms with Crippen LogP contribution in [-0.2, 0) is 12.8 Å². The lowest BCUT2D eigenvalue weighted by Gasteiger charge is -2.16. The Morgan fingerprint density at radius 1 is 1.35 bits per heavy atom. The molecular formula is C19H20N2OS. The summed E-state index contributed by atoms with van der Waals surface area (Å²) in [7, 11) is 0. The van der Waals surface area contributed by atoms with E-state index < -0.39 is 0 Å². The van der Waals surface area contributed by atoms with Crippen LogP contribution in [0.15, 0.2) is 47.6 Å². The predicted molar refractivity (Wildman–Crippen MR) is 96.9 cm³/mol. The molecule has 4 heteroatoms. The van der Waals surface area contributed by atoms with Crippen molar-refractivity contribution < 1.29 is 4.79 Å².